The highest BCUT2D eigenvalue weighted by Crippen LogP contribution is 2.21. The summed E-state index contributed by atoms with van der Waals surface area (Å²) in [5, 5.41) is 12.5. The smallest absolute Gasteiger partial charge is 0.257 e. The van der Waals surface area contributed by atoms with Gasteiger partial charge in [0.2, 0.25) is 5.88 Å². The zero-order valence-corrected chi connectivity index (χ0v) is 14.4. The van der Waals surface area contributed by atoms with E-state index in [0.717, 1.165) is 25.2 Å². The van der Waals surface area contributed by atoms with E-state index in [1.165, 1.54) is 6.42 Å². The minimum Gasteiger partial charge on any atom is -0.480 e. The number of hydrogen-bond acceptors (Lipinski definition) is 5. The molecule has 3 heterocycles. The Labute approximate surface area is 141 Å². The van der Waals surface area contributed by atoms with E-state index in [0.29, 0.717) is 29.6 Å². The normalized spacial score (nSPS) is 17.8. The summed E-state index contributed by atoms with van der Waals surface area (Å²) in [6.45, 7) is 5.84. The van der Waals surface area contributed by atoms with Gasteiger partial charge in [0.05, 0.1) is 24.6 Å². The Hall–Kier alpha value is -2.44. The minimum atomic E-state index is 0.0612. The third-order valence-corrected chi connectivity index (χ3v) is 4.43. The molecule has 0 spiro atoms. The van der Waals surface area contributed by atoms with Crippen LogP contribution in [0.2, 0.25) is 0 Å². The highest BCUT2D eigenvalue weighted by molar-refractivity contribution is 5.95. The molecule has 0 aliphatic carbocycles. The molecule has 7 nitrogen and oxygen atoms in total. The second-order valence-electron chi connectivity index (χ2n) is 6.20. The lowest BCUT2D eigenvalue weighted by molar-refractivity contribution is 0.0682. The molecule has 7 heteroatoms. The summed E-state index contributed by atoms with van der Waals surface area (Å²) in [5.74, 6) is 1.64. The van der Waals surface area contributed by atoms with Gasteiger partial charge in [-0.3, -0.25) is 4.79 Å². The quantitative estimate of drug-likeness (QED) is 0.859. The Bertz CT molecular complexity index is 710. The maximum Gasteiger partial charge on any atom is 0.257 e. The van der Waals surface area contributed by atoms with Crippen molar-refractivity contribution in [3.05, 3.63) is 29.6 Å². The van der Waals surface area contributed by atoms with E-state index < -0.39 is 0 Å². The maximum atomic E-state index is 12.9. The van der Waals surface area contributed by atoms with Crippen molar-refractivity contribution < 1.29 is 9.53 Å². The number of amides is 1. The van der Waals surface area contributed by atoms with Gasteiger partial charge in [-0.1, -0.05) is 13.8 Å². The van der Waals surface area contributed by atoms with Crippen LogP contribution in [0, 0.1) is 5.92 Å². The predicted molar refractivity (Wildman–Crippen MR) is 89.4 cm³/mol. The highest BCUT2D eigenvalue weighted by Gasteiger charge is 2.26. The van der Waals surface area contributed by atoms with Crippen molar-refractivity contribution >= 4 is 5.91 Å². The molecule has 0 bridgehead atoms. The Kier molecular flexibility index (Phi) is 4.78. The number of hydrogen-bond donors (Lipinski definition) is 0. The number of rotatable bonds is 4. The van der Waals surface area contributed by atoms with Crippen LogP contribution in [-0.4, -0.2) is 51.0 Å². The number of ether oxygens (including phenoxy) is 1. The minimum absolute atomic E-state index is 0.0612. The number of likely N-dealkylation sites (tertiary alicyclic amines) is 1. The fourth-order valence-electron chi connectivity index (χ4n) is 3.17. The molecule has 3 rings (SSSR count). The second kappa shape index (κ2) is 6.98. The fourth-order valence-corrected chi connectivity index (χ4v) is 3.17. The Morgan fingerprint density at radius 2 is 2.21 bits per heavy atom. The van der Waals surface area contributed by atoms with Crippen molar-refractivity contribution in [3.8, 4) is 11.7 Å². The maximum absolute atomic E-state index is 12.9. The first kappa shape index (κ1) is 16.4. The van der Waals surface area contributed by atoms with Crippen molar-refractivity contribution in [1.29, 1.82) is 0 Å². The Balaban J connectivity index is 1.89. The van der Waals surface area contributed by atoms with E-state index in [9.17, 15) is 4.79 Å². The number of piperidine rings is 1. The zero-order chi connectivity index (χ0) is 17.1. The van der Waals surface area contributed by atoms with E-state index in [-0.39, 0.29) is 5.91 Å². The van der Waals surface area contributed by atoms with Gasteiger partial charge in [0.15, 0.2) is 5.82 Å². The van der Waals surface area contributed by atoms with Crippen molar-refractivity contribution in [2.45, 2.75) is 33.1 Å². The van der Waals surface area contributed by atoms with Crippen molar-refractivity contribution in [3.63, 3.8) is 0 Å². The summed E-state index contributed by atoms with van der Waals surface area (Å²) < 4.78 is 6.72. The molecule has 1 atom stereocenters. The van der Waals surface area contributed by atoms with Crippen molar-refractivity contribution in [2.75, 3.05) is 20.2 Å². The number of carbonyl (C=O) groups is 1. The predicted octanol–water partition coefficient (Wildman–Crippen LogP) is 2.11. The summed E-state index contributed by atoms with van der Waals surface area (Å²) in [4.78, 5) is 14.8. The number of carbonyl (C=O) groups excluding carboxylic acids is 1. The van der Waals surface area contributed by atoms with Gasteiger partial charge in [-0.15, -0.1) is 10.2 Å². The molecule has 1 amide bonds. The molecule has 24 heavy (non-hydrogen) atoms. The molecule has 2 aromatic rings. The van der Waals surface area contributed by atoms with Gasteiger partial charge in [0.25, 0.3) is 5.91 Å². The summed E-state index contributed by atoms with van der Waals surface area (Å²) in [6, 6.07) is 3.52. The molecule has 0 N–H and O–H groups in total. The van der Waals surface area contributed by atoms with Gasteiger partial charge in [-0.25, -0.2) is 4.68 Å². The van der Waals surface area contributed by atoms with Gasteiger partial charge in [-0.2, -0.15) is 5.10 Å². The molecular weight excluding hydrogens is 306 g/mol. The van der Waals surface area contributed by atoms with Gasteiger partial charge in [-0.05, 0) is 31.2 Å². The first-order valence-corrected chi connectivity index (χ1v) is 8.38. The molecule has 128 valence electrons. The van der Waals surface area contributed by atoms with Gasteiger partial charge >= 0.3 is 0 Å². The lowest BCUT2D eigenvalue weighted by Gasteiger charge is -2.30. The van der Waals surface area contributed by atoms with Crippen LogP contribution in [0.3, 0.4) is 0 Å². The van der Waals surface area contributed by atoms with E-state index in [2.05, 4.69) is 22.2 Å². The monoisotopic (exact) mass is 329 g/mol. The van der Waals surface area contributed by atoms with E-state index in [1.54, 1.807) is 30.1 Å². The second-order valence-corrected chi connectivity index (χ2v) is 6.20. The lowest BCUT2D eigenvalue weighted by Crippen LogP contribution is -2.39. The Morgan fingerprint density at radius 3 is 2.83 bits per heavy atom. The summed E-state index contributed by atoms with van der Waals surface area (Å²) in [6.07, 6.45) is 4.59. The molecule has 0 unspecified atom stereocenters. The van der Waals surface area contributed by atoms with Crippen LogP contribution >= 0.6 is 0 Å². The van der Waals surface area contributed by atoms with Crippen LogP contribution in [0.25, 0.3) is 5.82 Å². The largest absolute Gasteiger partial charge is 0.480 e. The first-order chi connectivity index (χ1) is 11.6. The van der Waals surface area contributed by atoms with Crippen molar-refractivity contribution in [2.24, 2.45) is 5.92 Å². The molecule has 0 saturated carbocycles. The molecule has 1 aliphatic heterocycles. The molecule has 0 aromatic carbocycles. The topological polar surface area (TPSA) is 73.1 Å². The molecular formula is C17H23N5O2. The van der Waals surface area contributed by atoms with Crippen LogP contribution in [0.5, 0.6) is 5.88 Å². The van der Waals surface area contributed by atoms with Gasteiger partial charge < -0.3 is 9.64 Å². The van der Waals surface area contributed by atoms with Crippen LogP contribution in [0.1, 0.15) is 42.7 Å². The van der Waals surface area contributed by atoms with Crippen LogP contribution in [0.4, 0.5) is 0 Å². The molecule has 1 aliphatic rings. The van der Waals surface area contributed by atoms with Crippen molar-refractivity contribution in [1.82, 2.24) is 24.9 Å². The molecule has 2 aromatic heterocycles. The van der Waals surface area contributed by atoms with E-state index >= 15 is 0 Å². The first-order valence-electron chi connectivity index (χ1n) is 8.38. The van der Waals surface area contributed by atoms with Crippen LogP contribution < -0.4 is 4.74 Å². The van der Waals surface area contributed by atoms with Gasteiger partial charge in [0.1, 0.15) is 0 Å². The highest BCUT2D eigenvalue weighted by atomic mass is 16.5. The standard InChI is InChI=1S/C17H23N5O2/c1-4-14-13(17(23)21-9-5-6-12(2)11-21)10-18-22(14)15-7-8-16(24-3)20-19-15/h7-8,10,12H,4-6,9,11H2,1-3H3/t12-/m1/s1. The summed E-state index contributed by atoms with van der Waals surface area (Å²) in [5.41, 5.74) is 1.52. The molecule has 0 radical (unpaired) electrons. The summed E-state index contributed by atoms with van der Waals surface area (Å²) >= 11 is 0. The van der Waals surface area contributed by atoms with Crippen LogP contribution in [0.15, 0.2) is 18.3 Å². The molecule has 1 saturated heterocycles. The third kappa shape index (κ3) is 3.11. The average molecular weight is 329 g/mol. The van der Waals surface area contributed by atoms with E-state index in [4.69, 9.17) is 4.74 Å². The third-order valence-electron chi connectivity index (χ3n) is 4.43. The van der Waals surface area contributed by atoms with Crippen LogP contribution in [-0.2, 0) is 6.42 Å². The molecule has 1 fully saturated rings. The average Bonchev–Trinajstić information content (AvgIpc) is 3.05. The summed E-state index contributed by atoms with van der Waals surface area (Å²) in [7, 11) is 1.55. The number of methoxy groups -OCH3 is 1. The fraction of sp³-hybridized carbons (Fsp3) is 0.529. The van der Waals surface area contributed by atoms with Gasteiger partial charge in [0, 0.05) is 19.2 Å². The number of nitrogens with zero attached hydrogens (tertiary/aromatic N) is 5. The number of aromatic nitrogens is 4. The van der Waals surface area contributed by atoms with E-state index in [1.807, 2.05) is 11.8 Å². The Morgan fingerprint density at radius 1 is 1.38 bits per heavy atom. The zero-order valence-electron chi connectivity index (χ0n) is 14.4. The lowest BCUT2D eigenvalue weighted by atomic mass is 9.99. The SMILES string of the molecule is CCc1c(C(=O)N2CCC[C@@H](C)C2)cnn1-c1ccc(OC)nn1.